The molecule has 5 heteroatoms. The van der Waals surface area contributed by atoms with Crippen LogP contribution >= 0.6 is 0 Å². The van der Waals surface area contributed by atoms with Gasteiger partial charge in [-0.05, 0) is 60.8 Å². The van der Waals surface area contributed by atoms with Gasteiger partial charge in [0.15, 0.2) is 0 Å². The molecule has 10 rings (SSSR count). The molecule has 6 aromatic carbocycles. The minimum absolute atomic E-state index is 0. The van der Waals surface area contributed by atoms with E-state index in [0.717, 1.165) is 33.8 Å². The maximum Gasteiger partial charge on any atom is 3.00 e. The standard InChI is InChI=1S/C31H19N3.C14H14N.Ir/c1-2-9-21(10-3-1)32-20-33(29-16-7-6-15-28(29)32)22-17-18-24-26-13-8-12-25-23-11-4-5-14-27(23)34(31(25)26)30(24)19-22;1-10-4-6-13(7-5-10)14-8-11(2)12(3)9-15-14;/h1-18,20H;4-6,8-9H,1-3H3;/q-2;-1;+3. The van der Waals surface area contributed by atoms with Gasteiger partial charge in [0.05, 0.1) is 5.52 Å². The number of fused-ring (bicyclic) bond motifs is 7. The third kappa shape index (κ3) is 5.22. The molecule has 0 unspecified atom stereocenters. The van der Waals surface area contributed by atoms with Gasteiger partial charge in [-0.2, -0.15) is 6.07 Å². The van der Waals surface area contributed by atoms with Gasteiger partial charge in [-0.15, -0.1) is 65.3 Å². The number of hydrogen-bond donors (Lipinski definition) is 0. The van der Waals surface area contributed by atoms with Crippen LogP contribution in [0, 0.1) is 39.6 Å². The van der Waals surface area contributed by atoms with E-state index in [1.165, 1.54) is 55.0 Å². The Hall–Kier alpha value is -5.48. The Kier molecular flexibility index (Phi) is 8.11. The summed E-state index contributed by atoms with van der Waals surface area (Å²) in [5, 5.41) is 5.11. The van der Waals surface area contributed by atoms with Crippen LogP contribution < -0.4 is 9.80 Å². The van der Waals surface area contributed by atoms with Crippen molar-refractivity contribution in [2.45, 2.75) is 20.8 Å². The normalized spacial score (nSPS) is 12.4. The first kappa shape index (κ1) is 31.8. The molecule has 0 atom stereocenters. The van der Waals surface area contributed by atoms with Gasteiger partial charge in [0.1, 0.15) is 0 Å². The summed E-state index contributed by atoms with van der Waals surface area (Å²) in [6.07, 6.45) is 1.92. The fourth-order valence-electron chi connectivity index (χ4n) is 7.01. The molecule has 242 valence electrons. The molecule has 0 N–H and O–H groups in total. The summed E-state index contributed by atoms with van der Waals surface area (Å²) < 4.78 is 2.38. The number of pyridine rings is 1. The van der Waals surface area contributed by atoms with Crippen LogP contribution in [0.5, 0.6) is 0 Å². The van der Waals surface area contributed by atoms with Crippen molar-refractivity contribution < 1.29 is 20.1 Å². The predicted molar refractivity (Wildman–Crippen MR) is 204 cm³/mol. The van der Waals surface area contributed by atoms with Crippen molar-refractivity contribution in [2.24, 2.45) is 0 Å². The van der Waals surface area contributed by atoms with Crippen molar-refractivity contribution in [2.75, 3.05) is 9.80 Å². The molecular weight excluding hydrogens is 789 g/mol. The van der Waals surface area contributed by atoms with Crippen LogP contribution in [0.1, 0.15) is 16.7 Å². The molecule has 9 aromatic rings. The summed E-state index contributed by atoms with van der Waals surface area (Å²) in [5.74, 6) is 0. The van der Waals surface area contributed by atoms with E-state index in [-0.39, 0.29) is 20.1 Å². The zero-order valence-electron chi connectivity index (χ0n) is 28.0. The fourth-order valence-corrected chi connectivity index (χ4v) is 7.01. The first-order valence-electron chi connectivity index (χ1n) is 16.6. The molecule has 0 fully saturated rings. The van der Waals surface area contributed by atoms with Crippen LogP contribution in [0.2, 0.25) is 0 Å². The van der Waals surface area contributed by atoms with E-state index in [2.05, 4.69) is 186 Å². The summed E-state index contributed by atoms with van der Waals surface area (Å²) in [4.78, 5) is 8.90. The van der Waals surface area contributed by atoms with Gasteiger partial charge in [0, 0.05) is 39.5 Å². The van der Waals surface area contributed by atoms with E-state index < -0.39 is 0 Å². The average molecular weight is 822 g/mol. The Bertz CT molecular complexity index is 2620. The van der Waals surface area contributed by atoms with Crippen molar-refractivity contribution in [3.8, 4) is 11.3 Å². The van der Waals surface area contributed by atoms with Gasteiger partial charge in [0.25, 0.3) is 0 Å². The zero-order valence-corrected chi connectivity index (χ0v) is 30.4. The van der Waals surface area contributed by atoms with Gasteiger partial charge < -0.3 is 19.2 Å². The van der Waals surface area contributed by atoms with Crippen LogP contribution in [0.15, 0.2) is 140 Å². The molecule has 1 aliphatic heterocycles. The topological polar surface area (TPSA) is 23.8 Å². The van der Waals surface area contributed by atoms with E-state index >= 15 is 0 Å². The van der Waals surface area contributed by atoms with Crippen molar-refractivity contribution in [1.29, 1.82) is 0 Å². The van der Waals surface area contributed by atoms with Gasteiger partial charge >= 0.3 is 20.1 Å². The minimum atomic E-state index is 0. The largest absolute Gasteiger partial charge is 3.00 e. The zero-order chi connectivity index (χ0) is 33.1. The van der Waals surface area contributed by atoms with Crippen LogP contribution in [-0.4, -0.2) is 9.38 Å². The number of hydrogen-bond acceptors (Lipinski definition) is 3. The Balaban J connectivity index is 0.000000191. The molecule has 1 aliphatic rings. The van der Waals surface area contributed by atoms with E-state index in [0.29, 0.717) is 0 Å². The van der Waals surface area contributed by atoms with E-state index in [1.807, 2.05) is 12.3 Å². The number of aromatic nitrogens is 2. The van der Waals surface area contributed by atoms with Crippen LogP contribution in [-0.2, 0) is 20.1 Å². The smallest absolute Gasteiger partial charge is 0.493 e. The van der Waals surface area contributed by atoms with Gasteiger partial charge in [-0.1, -0.05) is 90.8 Å². The second kappa shape index (κ2) is 12.8. The maximum atomic E-state index is 4.41. The molecule has 0 saturated carbocycles. The molecule has 0 radical (unpaired) electrons. The molecule has 4 nitrogen and oxygen atoms in total. The van der Waals surface area contributed by atoms with Crippen LogP contribution in [0.25, 0.3) is 49.4 Å². The molecule has 0 aliphatic carbocycles. The quantitative estimate of drug-likeness (QED) is 0.166. The Morgan fingerprint density at radius 3 is 2.08 bits per heavy atom. The molecule has 0 bridgehead atoms. The number of anilines is 4. The monoisotopic (exact) mass is 822 g/mol. The molecule has 0 amide bonds. The molecule has 50 heavy (non-hydrogen) atoms. The predicted octanol–water partition coefficient (Wildman–Crippen LogP) is 11.5. The molecule has 0 spiro atoms. The first-order valence-corrected chi connectivity index (χ1v) is 16.6. The molecule has 4 heterocycles. The van der Waals surface area contributed by atoms with E-state index in [1.54, 1.807) is 0 Å². The van der Waals surface area contributed by atoms with Crippen LogP contribution in [0.4, 0.5) is 22.7 Å². The molecular formula is C45H33IrN4. The fraction of sp³-hybridized carbons (Fsp3) is 0.0667. The number of rotatable bonds is 3. The van der Waals surface area contributed by atoms with Crippen molar-refractivity contribution in [3.63, 3.8) is 0 Å². The Morgan fingerprint density at radius 2 is 1.32 bits per heavy atom. The first-order chi connectivity index (χ1) is 24.0. The van der Waals surface area contributed by atoms with Crippen molar-refractivity contribution >= 4 is 60.8 Å². The Morgan fingerprint density at radius 1 is 0.620 bits per heavy atom. The summed E-state index contributed by atoms with van der Waals surface area (Å²) in [6, 6.07) is 54.0. The third-order valence-corrected chi connectivity index (χ3v) is 9.66. The van der Waals surface area contributed by atoms with Gasteiger partial charge in [-0.25, -0.2) is 0 Å². The second-order valence-electron chi connectivity index (χ2n) is 12.8. The van der Waals surface area contributed by atoms with E-state index in [9.17, 15) is 0 Å². The van der Waals surface area contributed by atoms with Gasteiger partial charge in [0.2, 0.25) is 0 Å². The SMILES string of the molecule is Cc1c[c-]c(-c2cc(C)c(C)cn2)cc1.[Ir+3].[c-]1c(N2[CH-]N(c3ccccc3)c3ccccc32)ccc2c3cccc4c5ccccc5n(c12)c34. The number of nitrogens with zero attached hydrogens (tertiary/aromatic N) is 4. The Labute approximate surface area is 305 Å². The van der Waals surface area contributed by atoms with Crippen molar-refractivity contribution in [1.82, 2.24) is 9.38 Å². The summed E-state index contributed by atoms with van der Waals surface area (Å²) in [7, 11) is 0. The maximum absolute atomic E-state index is 4.41. The van der Waals surface area contributed by atoms with Crippen LogP contribution in [0.3, 0.4) is 0 Å². The van der Waals surface area contributed by atoms with Crippen molar-refractivity contribution in [3.05, 3.63) is 175 Å². The summed E-state index contributed by atoms with van der Waals surface area (Å²) in [5.41, 5.74) is 13.9. The van der Waals surface area contributed by atoms with Gasteiger partial charge in [-0.3, -0.25) is 0 Å². The minimum Gasteiger partial charge on any atom is -0.493 e. The molecule has 0 saturated heterocycles. The average Bonchev–Trinajstić information content (AvgIpc) is 3.81. The number of para-hydroxylation sites is 5. The molecule has 3 aromatic heterocycles. The number of aryl methyl sites for hydroxylation is 3. The number of benzene rings is 6. The summed E-state index contributed by atoms with van der Waals surface area (Å²) in [6.45, 7) is 8.41. The second-order valence-corrected chi connectivity index (χ2v) is 12.8. The third-order valence-electron chi connectivity index (χ3n) is 9.66. The summed E-state index contributed by atoms with van der Waals surface area (Å²) >= 11 is 0. The van der Waals surface area contributed by atoms with E-state index in [4.69, 9.17) is 0 Å².